The Morgan fingerprint density at radius 3 is 2.16 bits per heavy atom. The highest BCUT2D eigenvalue weighted by Gasteiger charge is 2.15. The summed E-state index contributed by atoms with van der Waals surface area (Å²) >= 11 is 0. The molecule has 0 bridgehead atoms. The number of pyridine rings is 1. The molecule has 0 amide bonds. The molecule has 2 aromatic heterocycles. The first-order valence-corrected chi connectivity index (χ1v) is 10.6. The number of aromatic nitrogens is 3. The van der Waals surface area contributed by atoms with Crippen molar-refractivity contribution < 1.29 is 4.74 Å². The van der Waals surface area contributed by atoms with Crippen LogP contribution >= 0.6 is 0 Å². The van der Waals surface area contributed by atoms with Crippen LogP contribution in [-0.4, -0.2) is 14.8 Å². The number of ether oxygens (including phenoxy) is 1. The molecule has 0 unspecified atom stereocenters. The van der Waals surface area contributed by atoms with Crippen molar-refractivity contribution in [1.82, 2.24) is 14.8 Å². The summed E-state index contributed by atoms with van der Waals surface area (Å²) < 4.78 is 7.88. The Morgan fingerprint density at radius 2 is 1.41 bits per heavy atom. The molecule has 4 nitrogen and oxygen atoms in total. The van der Waals surface area contributed by atoms with Gasteiger partial charge in [-0.05, 0) is 48.7 Å². The van der Waals surface area contributed by atoms with E-state index < -0.39 is 0 Å². The highest BCUT2D eigenvalue weighted by Crippen LogP contribution is 2.31. The van der Waals surface area contributed by atoms with Crippen LogP contribution in [0.25, 0.3) is 27.9 Å². The zero-order valence-electron chi connectivity index (χ0n) is 18.1. The van der Waals surface area contributed by atoms with Gasteiger partial charge in [-0.25, -0.2) is 9.67 Å². The van der Waals surface area contributed by atoms with Crippen LogP contribution in [-0.2, 0) is 0 Å². The van der Waals surface area contributed by atoms with E-state index in [2.05, 4.69) is 67.4 Å². The monoisotopic (exact) mass is 417 g/mol. The van der Waals surface area contributed by atoms with Gasteiger partial charge in [0.05, 0.1) is 11.4 Å². The molecule has 4 heteroatoms. The molecular weight excluding hydrogens is 394 g/mol. The quantitative estimate of drug-likeness (QED) is 0.309. The number of rotatable bonds is 5. The maximum Gasteiger partial charge on any atom is 0.219 e. The van der Waals surface area contributed by atoms with Crippen molar-refractivity contribution >= 4 is 0 Å². The van der Waals surface area contributed by atoms with Crippen molar-refractivity contribution in [3.05, 3.63) is 115 Å². The molecule has 0 atom stereocenters. The minimum atomic E-state index is 0.567. The van der Waals surface area contributed by atoms with E-state index in [9.17, 15) is 0 Å². The van der Waals surface area contributed by atoms with E-state index in [1.165, 1.54) is 11.1 Å². The number of aryl methyl sites for hydroxylation is 1. The average Bonchev–Trinajstić information content (AvgIpc) is 3.14. The third-order valence-electron chi connectivity index (χ3n) is 5.49. The normalized spacial score (nSPS) is 10.8. The molecule has 0 aliphatic heterocycles. The van der Waals surface area contributed by atoms with E-state index in [1.54, 1.807) is 6.20 Å². The Hall–Kier alpha value is -4.18. The zero-order chi connectivity index (χ0) is 21.9. The molecule has 2 heterocycles. The van der Waals surface area contributed by atoms with Gasteiger partial charge in [0.15, 0.2) is 0 Å². The fraction of sp³-hybridized carbons (Fsp3) is 0.0714. The Bertz CT molecular complexity index is 1340. The Morgan fingerprint density at radius 1 is 0.688 bits per heavy atom. The Balaban J connectivity index is 1.46. The van der Waals surface area contributed by atoms with Crippen LogP contribution in [0.15, 0.2) is 103 Å². The number of benzene rings is 3. The van der Waals surface area contributed by atoms with E-state index in [0.29, 0.717) is 5.88 Å². The van der Waals surface area contributed by atoms with Crippen LogP contribution in [0.4, 0.5) is 0 Å². The fourth-order valence-corrected chi connectivity index (χ4v) is 3.98. The molecular formula is C28H23N3O. The molecule has 0 fully saturated rings. The molecule has 0 spiro atoms. The van der Waals surface area contributed by atoms with Crippen LogP contribution < -0.4 is 4.74 Å². The first-order chi connectivity index (χ1) is 15.7. The summed E-state index contributed by atoms with van der Waals surface area (Å²) in [4.78, 5) is 4.24. The largest absolute Gasteiger partial charge is 0.439 e. The van der Waals surface area contributed by atoms with Gasteiger partial charge in [0.1, 0.15) is 5.75 Å². The van der Waals surface area contributed by atoms with Crippen molar-refractivity contribution in [2.24, 2.45) is 0 Å². The summed E-state index contributed by atoms with van der Waals surface area (Å²) in [6, 6.07) is 32.6. The molecule has 0 saturated carbocycles. The maximum atomic E-state index is 5.91. The van der Waals surface area contributed by atoms with Gasteiger partial charge in [-0.3, -0.25) is 0 Å². The highest BCUT2D eigenvalue weighted by atomic mass is 16.5. The van der Waals surface area contributed by atoms with Crippen LogP contribution in [0.3, 0.4) is 0 Å². The van der Waals surface area contributed by atoms with Crippen molar-refractivity contribution in [2.75, 3.05) is 0 Å². The second-order valence-corrected chi connectivity index (χ2v) is 7.67. The number of hydrogen-bond donors (Lipinski definition) is 0. The van der Waals surface area contributed by atoms with Gasteiger partial charge in [-0.1, -0.05) is 66.7 Å². The van der Waals surface area contributed by atoms with Gasteiger partial charge in [-0.15, -0.1) is 0 Å². The molecule has 5 aromatic rings. The minimum absolute atomic E-state index is 0.567. The van der Waals surface area contributed by atoms with Gasteiger partial charge in [0.25, 0.3) is 0 Å². The molecule has 156 valence electrons. The van der Waals surface area contributed by atoms with Crippen LogP contribution in [0.5, 0.6) is 11.6 Å². The summed E-state index contributed by atoms with van der Waals surface area (Å²) in [6.07, 6.45) is 1.72. The number of hydrogen-bond acceptors (Lipinski definition) is 3. The van der Waals surface area contributed by atoms with Gasteiger partial charge < -0.3 is 4.74 Å². The first kappa shape index (κ1) is 19.8. The average molecular weight is 418 g/mol. The topological polar surface area (TPSA) is 39.9 Å². The van der Waals surface area contributed by atoms with Crippen molar-refractivity contribution in [3.8, 4) is 39.6 Å². The Labute approximate surface area is 187 Å². The SMILES string of the molecule is Cc1nn(-c2cccc(Oc3ccccn3)c2)c(C)c1-c1ccc(-c2ccccc2)cc1. The first-order valence-electron chi connectivity index (χ1n) is 10.6. The van der Waals surface area contributed by atoms with Gasteiger partial charge >= 0.3 is 0 Å². The third kappa shape index (κ3) is 3.91. The van der Waals surface area contributed by atoms with Crippen molar-refractivity contribution in [2.45, 2.75) is 13.8 Å². The van der Waals surface area contributed by atoms with Crippen LogP contribution in [0.1, 0.15) is 11.4 Å². The van der Waals surface area contributed by atoms with Gasteiger partial charge in [0, 0.05) is 29.6 Å². The van der Waals surface area contributed by atoms with E-state index in [4.69, 9.17) is 9.84 Å². The second kappa shape index (κ2) is 8.52. The van der Waals surface area contributed by atoms with Gasteiger partial charge in [0.2, 0.25) is 5.88 Å². The minimum Gasteiger partial charge on any atom is -0.439 e. The van der Waals surface area contributed by atoms with Crippen LogP contribution in [0, 0.1) is 13.8 Å². The van der Waals surface area contributed by atoms with E-state index in [1.807, 2.05) is 53.2 Å². The van der Waals surface area contributed by atoms with E-state index >= 15 is 0 Å². The van der Waals surface area contributed by atoms with Crippen LogP contribution in [0.2, 0.25) is 0 Å². The highest BCUT2D eigenvalue weighted by molar-refractivity contribution is 5.73. The van der Waals surface area contributed by atoms with Gasteiger partial charge in [-0.2, -0.15) is 5.10 Å². The second-order valence-electron chi connectivity index (χ2n) is 7.67. The molecule has 32 heavy (non-hydrogen) atoms. The molecule has 0 aliphatic rings. The lowest BCUT2D eigenvalue weighted by atomic mass is 9.99. The van der Waals surface area contributed by atoms with Crippen molar-refractivity contribution in [1.29, 1.82) is 0 Å². The summed E-state index contributed by atoms with van der Waals surface area (Å²) in [5, 5.41) is 4.83. The van der Waals surface area contributed by atoms with E-state index in [-0.39, 0.29) is 0 Å². The molecule has 5 rings (SSSR count). The summed E-state index contributed by atoms with van der Waals surface area (Å²) in [5.74, 6) is 1.29. The van der Waals surface area contributed by atoms with E-state index in [0.717, 1.165) is 34.0 Å². The molecule has 0 radical (unpaired) electrons. The third-order valence-corrected chi connectivity index (χ3v) is 5.49. The summed E-state index contributed by atoms with van der Waals surface area (Å²) in [7, 11) is 0. The summed E-state index contributed by atoms with van der Waals surface area (Å²) in [5.41, 5.74) is 7.76. The fourth-order valence-electron chi connectivity index (χ4n) is 3.98. The smallest absolute Gasteiger partial charge is 0.219 e. The number of nitrogens with zero attached hydrogens (tertiary/aromatic N) is 3. The molecule has 3 aromatic carbocycles. The standard InChI is InChI=1S/C28H23N3O/c1-20-28(24-16-14-23(15-17-24)22-9-4-3-5-10-22)21(2)31(30-20)25-11-8-12-26(19-25)32-27-13-6-7-18-29-27/h3-19H,1-2H3. The lowest BCUT2D eigenvalue weighted by Crippen LogP contribution is -1.99. The van der Waals surface area contributed by atoms with Crippen molar-refractivity contribution in [3.63, 3.8) is 0 Å². The molecule has 0 saturated heterocycles. The summed E-state index contributed by atoms with van der Waals surface area (Å²) in [6.45, 7) is 4.16. The zero-order valence-corrected chi connectivity index (χ0v) is 18.1. The lowest BCUT2D eigenvalue weighted by molar-refractivity contribution is 0.462. The maximum absolute atomic E-state index is 5.91. The molecule has 0 N–H and O–H groups in total. The molecule has 0 aliphatic carbocycles. The predicted molar refractivity (Wildman–Crippen MR) is 128 cm³/mol. The predicted octanol–water partition coefficient (Wildman–Crippen LogP) is 7.01. The Kier molecular flexibility index (Phi) is 5.26. The lowest BCUT2D eigenvalue weighted by Gasteiger charge is -2.09.